The highest BCUT2D eigenvalue weighted by atomic mass is 32.2. The van der Waals surface area contributed by atoms with Crippen LogP contribution in [0.5, 0.6) is 0 Å². The number of hydrogen-bond donors (Lipinski definition) is 0. The lowest BCUT2D eigenvalue weighted by atomic mass is 9.95. The number of thioether (sulfide) groups is 1. The quantitative estimate of drug-likeness (QED) is 0.759. The van der Waals surface area contributed by atoms with Gasteiger partial charge in [-0.05, 0) is 20.3 Å². The standard InChI is InChI=1S/C10H19NO3S2/c1-3-14-9-5-10(15-6-9)7-11(8-10)16(12,13)4-2/h9H,3-8H2,1-2H3/t9-/m1/s1. The maximum absolute atomic E-state index is 11.6. The van der Waals surface area contributed by atoms with Gasteiger partial charge in [0.2, 0.25) is 10.0 Å². The summed E-state index contributed by atoms with van der Waals surface area (Å²) in [5.41, 5.74) is 0. The molecule has 1 atom stereocenters. The third-order valence-corrected chi connectivity index (χ3v) is 6.61. The Bertz CT molecular complexity index is 349. The molecule has 0 aromatic heterocycles. The third-order valence-electron chi connectivity index (χ3n) is 3.26. The highest BCUT2D eigenvalue weighted by Crippen LogP contribution is 2.46. The van der Waals surface area contributed by atoms with Crippen LogP contribution in [0.25, 0.3) is 0 Å². The van der Waals surface area contributed by atoms with Crippen LogP contribution in [0.4, 0.5) is 0 Å². The second-order valence-electron chi connectivity index (χ2n) is 4.44. The predicted molar refractivity (Wildman–Crippen MR) is 66.3 cm³/mol. The Balaban J connectivity index is 1.89. The van der Waals surface area contributed by atoms with Crippen molar-refractivity contribution in [1.29, 1.82) is 0 Å². The van der Waals surface area contributed by atoms with Crippen LogP contribution in [-0.4, -0.2) is 54.8 Å². The summed E-state index contributed by atoms with van der Waals surface area (Å²) >= 11 is 1.88. The first-order valence-electron chi connectivity index (χ1n) is 5.75. The Kier molecular flexibility index (Phi) is 3.55. The molecule has 0 bridgehead atoms. The zero-order valence-electron chi connectivity index (χ0n) is 9.81. The van der Waals surface area contributed by atoms with Crippen molar-refractivity contribution in [2.45, 2.75) is 31.1 Å². The molecule has 2 heterocycles. The lowest BCUT2D eigenvalue weighted by Gasteiger charge is -2.46. The second-order valence-corrected chi connectivity index (χ2v) is 8.19. The molecule has 4 nitrogen and oxygen atoms in total. The minimum absolute atomic E-state index is 0.155. The van der Waals surface area contributed by atoms with Crippen LogP contribution in [0.2, 0.25) is 0 Å². The minimum Gasteiger partial charge on any atom is -0.378 e. The molecule has 0 aromatic carbocycles. The first-order chi connectivity index (χ1) is 7.51. The van der Waals surface area contributed by atoms with E-state index in [4.69, 9.17) is 4.74 Å². The van der Waals surface area contributed by atoms with Crippen LogP contribution in [-0.2, 0) is 14.8 Å². The second kappa shape index (κ2) is 4.48. The van der Waals surface area contributed by atoms with Crippen LogP contribution < -0.4 is 0 Å². The van der Waals surface area contributed by atoms with Gasteiger partial charge in [-0.3, -0.25) is 0 Å². The Morgan fingerprint density at radius 2 is 2.12 bits per heavy atom. The van der Waals surface area contributed by atoms with Gasteiger partial charge in [0.25, 0.3) is 0 Å². The molecule has 6 heteroatoms. The van der Waals surface area contributed by atoms with E-state index in [1.807, 2.05) is 18.7 Å². The van der Waals surface area contributed by atoms with Gasteiger partial charge < -0.3 is 4.74 Å². The molecule has 94 valence electrons. The van der Waals surface area contributed by atoms with Gasteiger partial charge in [-0.15, -0.1) is 11.8 Å². The Labute approximate surface area is 102 Å². The molecule has 0 unspecified atom stereocenters. The Morgan fingerprint density at radius 3 is 2.69 bits per heavy atom. The molecule has 0 aromatic rings. The summed E-state index contributed by atoms with van der Waals surface area (Å²) in [6, 6.07) is 0. The summed E-state index contributed by atoms with van der Waals surface area (Å²) in [4.78, 5) is 0. The van der Waals surface area contributed by atoms with E-state index in [1.165, 1.54) is 0 Å². The van der Waals surface area contributed by atoms with Gasteiger partial charge in [0.05, 0.1) is 11.9 Å². The molecular weight excluding hydrogens is 246 g/mol. The molecule has 16 heavy (non-hydrogen) atoms. The van der Waals surface area contributed by atoms with Crippen LogP contribution in [0.15, 0.2) is 0 Å². The first kappa shape index (κ1) is 12.7. The zero-order chi connectivity index (χ0) is 11.8. The number of rotatable bonds is 4. The Hall–Kier alpha value is 0.220. The monoisotopic (exact) mass is 265 g/mol. The van der Waals surface area contributed by atoms with Gasteiger partial charge in [-0.25, -0.2) is 8.42 Å². The molecule has 2 aliphatic heterocycles. The average Bonchev–Trinajstić information content (AvgIpc) is 2.60. The molecular formula is C10H19NO3S2. The lowest BCUT2D eigenvalue weighted by molar-refractivity contribution is 0.0598. The number of nitrogens with zero attached hydrogens (tertiary/aromatic N) is 1. The highest BCUT2D eigenvalue weighted by Gasteiger charge is 2.52. The molecule has 0 N–H and O–H groups in total. The highest BCUT2D eigenvalue weighted by molar-refractivity contribution is 8.01. The summed E-state index contributed by atoms with van der Waals surface area (Å²) in [5.74, 6) is 1.22. The summed E-state index contributed by atoms with van der Waals surface area (Å²) < 4.78 is 30.6. The van der Waals surface area contributed by atoms with Crippen molar-refractivity contribution in [2.75, 3.05) is 31.2 Å². The predicted octanol–water partition coefficient (Wildman–Crippen LogP) is 0.932. The molecule has 2 fully saturated rings. The fourth-order valence-electron chi connectivity index (χ4n) is 2.34. The van der Waals surface area contributed by atoms with Crippen LogP contribution in [0, 0.1) is 0 Å². The minimum atomic E-state index is -2.98. The molecule has 0 aliphatic carbocycles. The normalized spacial score (nSPS) is 29.5. The van der Waals surface area contributed by atoms with Gasteiger partial charge >= 0.3 is 0 Å². The van der Waals surface area contributed by atoms with Crippen molar-refractivity contribution in [3.63, 3.8) is 0 Å². The topological polar surface area (TPSA) is 46.6 Å². The van der Waals surface area contributed by atoms with E-state index in [1.54, 1.807) is 11.2 Å². The smallest absolute Gasteiger partial charge is 0.213 e. The van der Waals surface area contributed by atoms with Crippen molar-refractivity contribution in [1.82, 2.24) is 4.31 Å². The molecule has 2 saturated heterocycles. The van der Waals surface area contributed by atoms with Crippen molar-refractivity contribution >= 4 is 21.8 Å². The summed E-state index contributed by atoms with van der Waals surface area (Å²) in [6.07, 6.45) is 1.32. The number of hydrogen-bond acceptors (Lipinski definition) is 4. The van der Waals surface area contributed by atoms with E-state index in [9.17, 15) is 8.42 Å². The van der Waals surface area contributed by atoms with Crippen molar-refractivity contribution in [3.05, 3.63) is 0 Å². The zero-order valence-corrected chi connectivity index (χ0v) is 11.4. The number of sulfonamides is 1. The summed E-state index contributed by atoms with van der Waals surface area (Å²) in [7, 11) is -2.98. The van der Waals surface area contributed by atoms with E-state index in [2.05, 4.69) is 0 Å². The largest absolute Gasteiger partial charge is 0.378 e. The van der Waals surface area contributed by atoms with Crippen LogP contribution in [0.3, 0.4) is 0 Å². The van der Waals surface area contributed by atoms with E-state index >= 15 is 0 Å². The molecule has 2 rings (SSSR count). The van der Waals surface area contributed by atoms with E-state index in [0.29, 0.717) is 19.2 Å². The molecule has 2 aliphatic rings. The average molecular weight is 265 g/mol. The van der Waals surface area contributed by atoms with Gasteiger partial charge in [0, 0.05) is 30.2 Å². The van der Waals surface area contributed by atoms with Gasteiger partial charge in [-0.1, -0.05) is 0 Å². The Morgan fingerprint density at radius 1 is 1.44 bits per heavy atom. The van der Waals surface area contributed by atoms with Gasteiger partial charge in [0.15, 0.2) is 0 Å². The molecule has 0 amide bonds. The fraction of sp³-hybridized carbons (Fsp3) is 1.00. The van der Waals surface area contributed by atoms with Crippen molar-refractivity contribution < 1.29 is 13.2 Å². The van der Waals surface area contributed by atoms with Gasteiger partial charge in [0.1, 0.15) is 0 Å². The van der Waals surface area contributed by atoms with Crippen LogP contribution >= 0.6 is 11.8 Å². The fourth-order valence-corrected chi connectivity index (χ4v) is 5.31. The van der Waals surface area contributed by atoms with Crippen molar-refractivity contribution in [3.8, 4) is 0 Å². The third kappa shape index (κ3) is 2.25. The molecule has 1 spiro atoms. The van der Waals surface area contributed by atoms with Crippen molar-refractivity contribution in [2.24, 2.45) is 0 Å². The molecule has 0 saturated carbocycles. The van der Waals surface area contributed by atoms with Gasteiger partial charge in [-0.2, -0.15) is 4.31 Å². The molecule has 0 radical (unpaired) electrons. The summed E-state index contributed by atoms with van der Waals surface area (Å²) in [5, 5.41) is 0. The lowest BCUT2D eigenvalue weighted by Crippen LogP contribution is -2.60. The number of ether oxygens (including phenoxy) is 1. The van der Waals surface area contributed by atoms with Crippen LogP contribution in [0.1, 0.15) is 20.3 Å². The maximum Gasteiger partial charge on any atom is 0.213 e. The maximum atomic E-state index is 11.6. The van der Waals surface area contributed by atoms with E-state index in [-0.39, 0.29) is 10.5 Å². The first-order valence-corrected chi connectivity index (χ1v) is 8.34. The SMILES string of the molecule is CCO[C@H]1CSC2(C1)CN(S(=O)(=O)CC)C2. The van der Waals surface area contributed by atoms with E-state index < -0.39 is 10.0 Å². The van der Waals surface area contributed by atoms with E-state index in [0.717, 1.165) is 18.8 Å². The summed E-state index contributed by atoms with van der Waals surface area (Å²) in [6.45, 7) is 5.81.